The molecule has 0 aliphatic carbocycles. The number of aromatic nitrogens is 3. The van der Waals surface area contributed by atoms with Crippen LogP contribution in [0.3, 0.4) is 0 Å². The summed E-state index contributed by atoms with van der Waals surface area (Å²) in [5, 5.41) is 0.466. The number of aromatic amines is 1. The summed E-state index contributed by atoms with van der Waals surface area (Å²) in [5.74, 6) is 1.06. The Hall–Kier alpha value is -1.33. The van der Waals surface area contributed by atoms with Gasteiger partial charge in [-0.25, -0.2) is 4.98 Å². The van der Waals surface area contributed by atoms with Crippen molar-refractivity contribution in [1.82, 2.24) is 15.0 Å². The largest absolute Gasteiger partial charge is 0.493 e. The van der Waals surface area contributed by atoms with E-state index in [0.29, 0.717) is 24.1 Å². The van der Waals surface area contributed by atoms with Gasteiger partial charge in [-0.15, -0.1) is 0 Å². The zero-order valence-electron chi connectivity index (χ0n) is 15.0. The van der Waals surface area contributed by atoms with Crippen molar-refractivity contribution in [2.45, 2.75) is 24.3 Å². The molecule has 1 aromatic carbocycles. The van der Waals surface area contributed by atoms with E-state index in [1.807, 2.05) is 37.3 Å². The summed E-state index contributed by atoms with van der Waals surface area (Å²) in [6.45, 7) is 3.17. The molecule has 0 fully saturated rings. The van der Waals surface area contributed by atoms with E-state index >= 15 is 0 Å². The number of nitrogens with zero attached hydrogens (tertiary/aromatic N) is 2. The van der Waals surface area contributed by atoms with E-state index in [2.05, 4.69) is 15.0 Å². The quantitative estimate of drug-likeness (QED) is 0.404. The smallest absolute Gasteiger partial charge is 0.197 e. The molecule has 1 N–H and O–H groups in total. The van der Waals surface area contributed by atoms with Gasteiger partial charge < -0.3 is 14.5 Å². The Balaban J connectivity index is 0.00000243. The molecule has 6 nitrogen and oxygen atoms in total. The number of nitrogens with one attached hydrogen (secondary N) is 1. The molecule has 1 unspecified atom stereocenters. The predicted molar refractivity (Wildman–Crippen MR) is 97.2 cm³/mol. The summed E-state index contributed by atoms with van der Waals surface area (Å²) in [6, 6.07) is 9.47. The Bertz CT molecular complexity index is 852. The normalized spacial score (nSPS) is 11.9. The van der Waals surface area contributed by atoms with Crippen LogP contribution in [0.1, 0.15) is 17.7 Å². The molecule has 3 rings (SSSR count). The zero-order valence-corrected chi connectivity index (χ0v) is 19.9. The summed E-state index contributed by atoms with van der Waals surface area (Å²) in [4.78, 5) is 11.9. The van der Waals surface area contributed by atoms with Gasteiger partial charge in [0.15, 0.2) is 5.16 Å². The van der Waals surface area contributed by atoms with Gasteiger partial charge in [-0.1, -0.05) is 12.1 Å². The third-order valence-electron chi connectivity index (χ3n) is 3.86. The topological polar surface area (TPSA) is 77.1 Å². The number of hydrogen-bond donors (Lipinski definition) is 1. The monoisotopic (exact) mass is 473 g/mol. The summed E-state index contributed by atoms with van der Waals surface area (Å²) >= 11 is 0. The molecule has 134 valence electrons. The molecule has 3 aromatic rings. The van der Waals surface area contributed by atoms with Gasteiger partial charge >= 0.3 is 0 Å². The van der Waals surface area contributed by atoms with Crippen molar-refractivity contribution in [3.63, 3.8) is 0 Å². The number of ether oxygens (including phenoxy) is 2. The third-order valence-corrected chi connectivity index (χ3v) is 5.02. The second-order valence-corrected chi connectivity index (χ2v) is 6.99. The van der Waals surface area contributed by atoms with Crippen LogP contribution in [0.4, 0.5) is 0 Å². The van der Waals surface area contributed by atoms with Gasteiger partial charge in [-0.2, -0.15) is 0 Å². The average molecular weight is 472 g/mol. The van der Waals surface area contributed by atoms with Crippen LogP contribution < -0.4 is 4.74 Å². The molecular formula is C18H21CdN3O3S. The van der Waals surface area contributed by atoms with E-state index < -0.39 is 10.8 Å². The minimum absolute atomic E-state index is 0. The Morgan fingerprint density at radius 3 is 2.77 bits per heavy atom. The number of para-hydroxylation sites is 2. The molecule has 8 heteroatoms. The van der Waals surface area contributed by atoms with E-state index in [4.69, 9.17) is 9.47 Å². The molecule has 0 saturated carbocycles. The van der Waals surface area contributed by atoms with E-state index in [1.54, 1.807) is 13.3 Å². The maximum absolute atomic E-state index is 12.7. The molecular weight excluding hydrogens is 451 g/mol. The van der Waals surface area contributed by atoms with Gasteiger partial charge in [0.1, 0.15) is 5.75 Å². The number of rotatable bonds is 8. The molecule has 0 radical (unpaired) electrons. The Morgan fingerprint density at radius 1 is 1.19 bits per heavy atom. The Morgan fingerprint density at radius 2 is 2.00 bits per heavy atom. The number of imidazole rings is 1. The number of fused-ring (bicyclic) bond motifs is 1. The van der Waals surface area contributed by atoms with Gasteiger partial charge in [0, 0.05) is 59.2 Å². The molecule has 0 bridgehead atoms. The SMILES string of the molecule is COCCCOc1ccnc(CS(=O)c2nc3ccccc3[nH]2)c1C.[Cd]. The molecule has 0 spiro atoms. The minimum atomic E-state index is -1.30. The fourth-order valence-corrected chi connectivity index (χ4v) is 3.58. The van der Waals surface area contributed by atoms with Crippen molar-refractivity contribution in [3.05, 3.63) is 47.8 Å². The van der Waals surface area contributed by atoms with Gasteiger partial charge in [0.05, 0.1) is 39.9 Å². The summed E-state index contributed by atoms with van der Waals surface area (Å²) < 4.78 is 23.5. The number of methoxy groups -OCH3 is 1. The molecule has 2 heterocycles. The van der Waals surface area contributed by atoms with Crippen molar-refractivity contribution in [1.29, 1.82) is 0 Å². The molecule has 0 amide bonds. The van der Waals surface area contributed by atoms with Crippen molar-refractivity contribution in [3.8, 4) is 5.75 Å². The second-order valence-electron chi connectivity index (χ2n) is 5.62. The van der Waals surface area contributed by atoms with Gasteiger partial charge in [0.25, 0.3) is 0 Å². The van der Waals surface area contributed by atoms with E-state index in [1.165, 1.54) is 0 Å². The van der Waals surface area contributed by atoms with Gasteiger partial charge in [0.2, 0.25) is 0 Å². The van der Waals surface area contributed by atoms with Crippen LogP contribution in [-0.2, 0) is 48.6 Å². The molecule has 1 atom stereocenters. The standard InChI is InChI=1S/C18H21N3O3S.Cd/c1-13-16(19-9-8-17(13)24-11-5-10-23-2)12-25(22)18-20-14-6-3-4-7-15(14)21-18;/h3-4,6-9H,5,10-12H2,1-2H3,(H,20,21);. The summed E-state index contributed by atoms with van der Waals surface area (Å²) in [6.07, 6.45) is 2.50. The molecule has 0 aliphatic heterocycles. The average Bonchev–Trinajstić information content (AvgIpc) is 3.06. The van der Waals surface area contributed by atoms with Crippen molar-refractivity contribution < 1.29 is 41.0 Å². The Labute approximate surface area is 175 Å². The van der Waals surface area contributed by atoms with Crippen LogP contribution in [0.2, 0.25) is 0 Å². The molecule has 0 saturated heterocycles. The Kier molecular flexibility index (Phi) is 8.17. The van der Waals surface area contributed by atoms with Gasteiger partial charge in [-0.05, 0) is 25.1 Å². The van der Waals surface area contributed by atoms with Gasteiger partial charge in [-0.3, -0.25) is 9.19 Å². The summed E-state index contributed by atoms with van der Waals surface area (Å²) in [5.41, 5.74) is 3.35. The van der Waals surface area contributed by atoms with Crippen molar-refractivity contribution >= 4 is 21.8 Å². The number of H-pyrrole nitrogens is 1. The number of benzene rings is 1. The van der Waals surface area contributed by atoms with Crippen molar-refractivity contribution in [2.75, 3.05) is 20.3 Å². The first-order chi connectivity index (χ1) is 12.2. The third kappa shape index (κ3) is 5.10. The first-order valence-electron chi connectivity index (χ1n) is 8.08. The second kappa shape index (κ2) is 10.1. The maximum atomic E-state index is 12.7. The van der Waals surface area contributed by atoms with E-state index in [9.17, 15) is 4.21 Å². The predicted octanol–water partition coefficient (Wildman–Crippen LogP) is 2.99. The van der Waals surface area contributed by atoms with Crippen LogP contribution in [0.25, 0.3) is 11.0 Å². The molecule has 2 aromatic heterocycles. The minimum Gasteiger partial charge on any atom is -0.493 e. The van der Waals surface area contributed by atoms with E-state index in [-0.39, 0.29) is 27.3 Å². The van der Waals surface area contributed by atoms with Crippen LogP contribution in [0, 0.1) is 6.92 Å². The van der Waals surface area contributed by atoms with Crippen LogP contribution in [0.15, 0.2) is 41.7 Å². The first-order valence-corrected chi connectivity index (χ1v) is 9.40. The number of hydrogen-bond acceptors (Lipinski definition) is 5. The molecule has 26 heavy (non-hydrogen) atoms. The first kappa shape index (κ1) is 21.0. The maximum Gasteiger partial charge on any atom is 0.197 e. The fourth-order valence-electron chi connectivity index (χ4n) is 2.48. The fraction of sp³-hybridized carbons (Fsp3) is 0.333. The van der Waals surface area contributed by atoms with E-state index in [0.717, 1.165) is 34.5 Å². The molecule has 0 aliphatic rings. The number of pyridine rings is 1. The van der Waals surface area contributed by atoms with Crippen LogP contribution >= 0.6 is 0 Å². The van der Waals surface area contributed by atoms with Crippen LogP contribution in [-0.4, -0.2) is 39.5 Å². The zero-order chi connectivity index (χ0) is 17.6. The van der Waals surface area contributed by atoms with Crippen LogP contribution in [0.5, 0.6) is 5.75 Å². The van der Waals surface area contributed by atoms with Crippen molar-refractivity contribution in [2.24, 2.45) is 0 Å². The summed E-state index contributed by atoms with van der Waals surface area (Å²) in [7, 11) is 0.371.